The number of fused-ring (bicyclic) bond motifs is 1. The first-order valence-corrected chi connectivity index (χ1v) is 9.40. The Balaban J connectivity index is 1.68. The first kappa shape index (κ1) is 18.9. The molecule has 1 saturated heterocycles. The number of carbonyl (C=O) groups is 2. The number of aryl methyl sites for hydroxylation is 1. The highest BCUT2D eigenvalue weighted by Gasteiger charge is 2.33. The van der Waals surface area contributed by atoms with Gasteiger partial charge in [-0.2, -0.15) is 5.10 Å². The molecule has 29 heavy (non-hydrogen) atoms. The summed E-state index contributed by atoms with van der Waals surface area (Å²) in [5, 5.41) is 12.7. The molecule has 3 N–H and O–H groups in total. The lowest BCUT2D eigenvalue weighted by atomic mass is 10.0. The average Bonchev–Trinajstić information content (AvgIpc) is 3.30. The largest absolute Gasteiger partial charge is 0.352 e. The number of piperidine rings is 1. The molecule has 2 amide bonds. The molecular weight excluding hydrogens is 377 g/mol. The third kappa shape index (κ3) is 3.65. The molecule has 0 aromatic carbocycles. The standard InChI is InChI=1S/C19H22FN7O2/c1-3-14(28)23-11-5-4-6-27(10-11)18-16(20)13-8-21-19(29)15(13)17(25-18)24-12-7-22-26(2)9-12/h3,7,9,11H,1,4-6,8,10H2,2H3,(H,21,29)(H,23,28)(H,24,25). The van der Waals surface area contributed by atoms with E-state index in [4.69, 9.17) is 0 Å². The minimum Gasteiger partial charge on any atom is -0.352 e. The molecule has 4 rings (SSSR count). The molecule has 0 radical (unpaired) electrons. The third-order valence-electron chi connectivity index (χ3n) is 5.09. The minimum atomic E-state index is -0.509. The lowest BCUT2D eigenvalue weighted by molar-refractivity contribution is -0.117. The second kappa shape index (κ2) is 7.53. The number of nitrogens with one attached hydrogen (secondary N) is 3. The number of pyridine rings is 1. The molecule has 0 aliphatic carbocycles. The molecule has 4 heterocycles. The summed E-state index contributed by atoms with van der Waals surface area (Å²) in [6, 6.07) is -0.127. The number of rotatable bonds is 5. The van der Waals surface area contributed by atoms with Crippen LogP contribution in [-0.4, -0.2) is 45.7 Å². The maximum Gasteiger partial charge on any atom is 0.255 e. The summed E-state index contributed by atoms with van der Waals surface area (Å²) in [6.07, 6.45) is 6.14. The molecule has 1 atom stereocenters. The van der Waals surface area contributed by atoms with Crippen LogP contribution in [0, 0.1) is 5.82 Å². The van der Waals surface area contributed by atoms with Gasteiger partial charge in [0.1, 0.15) is 5.82 Å². The topological polar surface area (TPSA) is 104 Å². The fraction of sp³-hybridized carbons (Fsp3) is 0.368. The van der Waals surface area contributed by atoms with Crippen molar-refractivity contribution in [2.75, 3.05) is 23.3 Å². The number of carbonyl (C=O) groups excluding carboxylic acids is 2. The molecule has 2 aromatic heterocycles. The van der Waals surface area contributed by atoms with Crippen LogP contribution in [0.3, 0.4) is 0 Å². The van der Waals surface area contributed by atoms with Crippen LogP contribution in [0.2, 0.25) is 0 Å². The first-order valence-electron chi connectivity index (χ1n) is 9.40. The SMILES string of the molecule is C=CC(=O)NC1CCCN(c2nc(Nc3cnn(C)c3)c3c(c2F)CNC3=O)C1. The summed E-state index contributed by atoms with van der Waals surface area (Å²) >= 11 is 0. The van der Waals surface area contributed by atoms with Crippen molar-refractivity contribution in [3.05, 3.63) is 42.0 Å². The lowest BCUT2D eigenvalue weighted by Gasteiger charge is -2.34. The fourth-order valence-corrected chi connectivity index (χ4v) is 3.74. The normalized spacial score (nSPS) is 18.2. The number of amides is 2. The molecule has 9 nitrogen and oxygen atoms in total. The number of halogens is 1. The summed E-state index contributed by atoms with van der Waals surface area (Å²) in [7, 11) is 1.78. The number of hydrogen-bond acceptors (Lipinski definition) is 6. The zero-order valence-corrected chi connectivity index (χ0v) is 16.0. The van der Waals surface area contributed by atoms with Crippen LogP contribution in [0.1, 0.15) is 28.8 Å². The number of anilines is 3. The van der Waals surface area contributed by atoms with Gasteiger partial charge in [0, 0.05) is 44.5 Å². The van der Waals surface area contributed by atoms with Crippen LogP contribution in [0.4, 0.5) is 21.7 Å². The van der Waals surface area contributed by atoms with Crippen molar-refractivity contribution in [3.8, 4) is 0 Å². The van der Waals surface area contributed by atoms with Crippen molar-refractivity contribution in [2.24, 2.45) is 7.05 Å². The molecule has 152 valence electrons. The van der Waals surface area contributed by atoms with Crippen molar-refractivity contribution in [3.63, 3.8) is 0 Å². The predicted octanol–water partition coefficient (Wildman–Crippen LogP) is 1.21. The molecule has 0 bridgehead atoms. The van der Waals surface area contributed by atoms with Gasteiger partial charge < -0.3 is 20.9 Å². The molecule has 1 unspecified atom stereocenters. The second-order valence-corrected chi connectivity index (χ2v) is 7.16. The van der Waals surface area contributed by atoms with Crippen molar-refractivity contribution in [2.45, 2.75) is 25.4 Å². The van der Waals surface area contributed by atoms with Gasteiger partial charge in [-0.25, -0.2) is 9.37 Å². The smallest absolute Gasteiger partial charge is 0.255 e. The van der Waals surface area contributed by atoms with Gasteiger partial charge in [0.15, 0.2) is 11.6 Å². The summed E-state index contributed by atoms with van der Waals surface area (Å²) in [5.41, 5.74) is 1.15. The van der Waals surface area contributed by atoms with E-state index in [2.05, 4.69) is 32.6 Å². The van der Waals surface area contributed by atoms with E-state index in [0.717, 1.165) is 12.8 Å². The highest BCUT2D eigenvalue weighted by molar-refractivity contribution is 6.03. The van der Waals surface area contributed by atoms with Crippen LogP contribution in [0.5, 0.6) is 0 Å². The molecule has 10 heteroatoms. The number of nitrogens with zero attached hydrogens (tertiary/aromatic N) is 4. The minimum absolute atomic E-state index is 0.113. The Morgan fingerprint density at radius 1 is 1.48 bits per heavy atom. The van der Waals surface area contributed by atoms with Crippen molar-refractivity contribution >= 4 is 29.1 Å². The first-order chi connectivity index (χ1) is 14.0. The van der Waals surface area contributed by atoms with E-state index in [1.165, 1.54) is 6.08 Å². The zero-order chi connectivity index (χ0) is 20.5. The van der Waals surface area contributed by atoms with Gasteiger partial charge in [-0.15, -0.1) is 0 Å². The number of hydrogen-bond donors (Lipinski definition) is 3. The third-order valence-corrected chi connectivity index (χ3v) is 5.09. The Bertz CT molecular complexity index is 987. The second-order valence-electron chi connectivity index (χ2n) is 7.16. The van der Waals surface area contributed by atoms with E-state index in [9.17, 15) is 9.59 Å². The summed E-state index contributed by atoms with van der Waals surface area (Å²) in [5.74, 6) is -0.668. The molecule has 0 saturated carbocycles. The monoisotopic (exact) mass is 399 g/mol. The highest BCUT2D eigenvalue weighted by Crippen LogP contribution is 2.33. The van der Waals surface area contributed by atoms with Gasteiger partial charge >= 0.3 is 0 Å². The van der Waals surface area contributed by atoms with Gasteiger partial charge in [-0.3, -0.25) is 14.3 Å². The fourth-order valence-electron chi connectivity index (χ4n) is 3.74. The number of aromatic nitrogens is 3. The molecular formula is C19H22FN7O2. The summed E-state index contributed by atoms with van der Waals surface area (Å²) in [6.45, 7) is 4.61. The van der Waals surface area contributed by atoms with E-state index in [1.54, 1.807) is 24.1 Å². The predicted molar refractivity (Wildman–Crippen MR) is 105 cm³/mol. The van der Waals surface area contributed by atoms with E-state index >= 15 is 4.39 Å². The lowest BCUT2D eigenvalue weighted by Crippen LogP contribution is -2.48. The van der Waals surface area contributed by atoms with Gasteiger partial charge in [-0.05, 0) is 18.9 Å². The zero-order valence-electron chi connectivity index (χ0n) is 16.0. The van der Waals surface area contributed by atoms with Crippen molar-refractivity contribution in [1.29, 1.82) is 0 Å². The van der Waals surface area contributed by atoms with Crippen LogP contribution >= 0.6 is 0 Å². The Morgan fingerprint density at radius 2 is 2.31 bits per heavy atom. The van der Waals surface area contributed by atoms with Crippen LogP contribution in [0.15, 0.2) is 25.0 Å². The maximum absolute atomic E-state index is 15.3. The van der Waals surface area contributed by atoms with Gasteiger partial charge in [0.2, 0.25) is 5.91 Å². The molecule has 2 aromatic rings. The molecule has 0 spiro atoms. The van der Waals surface area contributed by atoms with Crippen LogP contribution in [-0.2, 0) is 18.4 Å². The van der Waals surface area contributed by atoms with E-state index in [-0.39, 0.29) is 41.6 Å². The van der Waals surface area contributed by atoms with E-state index in [1.807, 2.05) is 4.90 Å². The van der Waals surface area contributed by atoms with Crippen LogP contribution in [0.25, 0.3) is 0 Å². The molecule has 2 aliphatic rings. The highest BCUT2D eigenvalue weighted by atomic mass is 19.1. The maximum atomic E-state index is 15.3. The van der Waals surface area contributed by atoms with Gasteiger partial charge in [0.25, 0.3) is 5.91 Å². The average molecular weight is 399 g/mol. The Kier molecular flexibility index (Phi) is 4.91. The molecule has 2 aliphatic heterocycles. The van der Waals surface area contributed by atoms with Gasteiger partial charge in [0.05, 0.1) is 17.4 Å². The quantitative estimate of drug-likeness (QED) is 0.653. The van der Waals surface area contributed by atoms with Crippen molar-refractivity contribution < 1.29 is 14.0 Å². The molecule has 1 fully saturated rings. The summed E-state index contributed by atoms with van der Waals surface area (Å²) < 4.78 is 16.9. The Morgan fingerprint density at radius 3 is 3.03 bits per heavy atom. The van der Waals surface area contributed by atoms with Crippen molar-refractivity contribution in [1.82, 2.24) is 25.4 Å². The van der Waals surface area contributed by atoms with Crippen LogP contribution < -0.4 is 20.9 Å². The van der Waals surface area contributed by atoms with E-state index < -0.39 is 5.82 Å². The summed E-state index contributed by atoms with van der Waals surface area (Å²) in [4.78, 5) is 30.2. The van der Waals surface area contributed by atoms with E-state index in [0.29, 0.717) is 24.3 Å². The Hall–Kier alpha value is -3.43. The Labute approximate surface area is 167 Å². The van der Waals surface area contributed by atoms with Gasteiger partial charge in [-0.1, -0.05) is 6.58 Å².